The molecule has 0 bridgehead atoms. The zero-order valence-corrected chi connectivity index (χ0v) is 18.9. The molecule has 2 amide bonds. The number of carbonyl (C=O) groups is 1. The van der Waals surface area contributed by atoms with E-state index in [9.17, 15) is 4.79 Å². The minimum absolute atomic E-state index is 0.0894. The number of carbonyl (C=O) groups excluding carboxylic acids is 1. The fourth-order valence-electron chi connectivity index (χ4n) is 3.85. The van der Waals surface area contributed by atoms with Crippen LogP contribution in [0.25, 0.3) is 5.69 Å². The van der Waals surface area contributed by atoms with E-state index in [1.54, 1.807) is 6.20 Å². The van der Waals surface area contributed by atoms with Crippen molar-refractivity contribution in [2.24, 2.45) is 0 Å². The number of hydrogen-bond donors (Lipinski definition) is 1. The molecule has 0 aliphatic carbocycles. The summed E-state index contributed by atoms with van der Waals surface area (Å²) in [6, 6.07) is 6.21. The Morgan fingerprint density at radius 1 is 1.27 bits per heavy atom. The van der Waals surface area contributed by atoms with Crippen LogP contribution in [0.3, 0.4) is 0 Å². The Morgan fingerprint density at radius 2 is 2.03 bits per heavy atom. The Kier molecular flexibility index (Phi) is 7.50. The molecule has 1 atom stereocenters. The standard InChI is InChI=1S/C23H35N5O2/c1-6-26(7-2)12-13-30-20-10-11-27(16-20)23(29)25-21-15-24-28(19(21)5)22-14-17(3)8-9-18(22)4/h8-9,14-15,20H,6-7,10-13,16H2,1-5H3,(H,25,29). The number of hydrogen-bond acceptors (Lipinski definition) is 4. The molecule has 0 saturated carbocycles. The maximum absolute atomic E-state index is 12.8. The van der Waals surface area contributed by atoms with Gasteiger partial charge in [-0.2, -0.15) is 5.10 Å². The Morgan fingerprint density at radius 3 is 2.77 bits per heavy atom. The summed E-state index contributed by atoms with van der Waals surface area (Å²) in [5, 5.41) is 7.54. The number of aryl methyl sites for hydroxylation is 2. The van der Waals surface area contributed by atoms with Crippen LogP contribution in [0.5, 0.6) is 0 Å². The molecule has 1 unspecified atom stereocenters. The first-order valence-electron chi connectivity index (χ1n) is 10.9. The number of likely N-dealkylation sites (tertiary alicyclic amines) is 1. The van der Waals surface area contributed by atoms with Crippen LogP contribution in [-0.2, 0) is 4.74 Å². The number of amides is 2. The SMILES string of the molecule is CCN(CC)CCOC1CCN(C(=O)Nc2cnn(-c3cc(C)ccc3C)c2C)C1. The number of benzene rings is 1. The fraction of sp³-hybridized carbons (Fsp3) is 0.565. The second-order valence-electron chi connectivity index (χ2n) is 8.03. The Labute approximate surface area is 180 Å². The van der Waals surface area contributed by atoms with Crippen molar-refractivity contribution in [2.75, 3.05) is 44.6 Å². The molecule has 1 saturated heterocycles. The third kappa shape index (κ3) is 5.21. The molecule has 0 radical (unpaired) electrons. The van der Waals surface area contributed by atoms with Gasteiger partial charge in [0, 0.05) is 19.6 Å². The third-order valence-electron chi connectivity index (χ3n) is 5.93. The summed E-state index contributed by atoms with van der Waals surface area (Å²) in [6.07, 6.45) is 2.72. The Bertz CT molecular complexity index is 859. The number of anilines is 1. The number of likely N-dealkylation sites (N-methyl/N-ethyl adjacent to an activating group) is 1. The van der Waals surface area contributed by atoms with Gasteiger partial charge < -0.3 is 19.9 Å². The highest BCUT2D eigenvalue weighted by molar-refractivity contribution is 5.90. The molecule has 3 rings (SSSR count). The average molecular weight is 414 g/mol. The van der Waals surface area contributed by atoms with Crippen molar-refractivity contribution >= 4 is 11.7 Å². The monoisotopic (exact) mass is 413 g/mol. The van der Waals surface area contributed by atoms with Crippen molar-refractivity contribution in [1.29, 1.82) is 0 Å². The van der Waals surface area contributed by atoms with E-state index in [-0.39, 0.29) is 12.1 Å². The first-order valence-corrected chi connectivity index (χ1v) is 10.9. The van der Waals surface area contributed by atoms with Crippen molar-refractivity contribution in [3.8, 4) is 5.69 Å². The highest BCUT2D eigenvalue weighted by Gasteiger charge is 2.27. The molecule has 7 heteroatoms. The van der Waals surface area contributed by atoms with Crippen molar-refractivity contribution in [2.45, 2.75) is 47.1 Å². The van der Waals surface area contributed by atoms with Gasteiger partial charge in [0.05, 0.1) is 36.0 Å². The number of rotatable bonds is 8. The van der Waals surface area contributed by atoms with E-state index >= 15 is 0 Å². The lowest BCUT2D eigenvalue weighted by Crippen LogP contribution is -2.34. The zero-order valence-electron chi connectivity index (χ0n) is 18.9. The molecular formula is C23H35N5O2. The van der Waals surface area contributed by atoms with Gasteiger partial charge in [0.1, 0.15) is 0 Å². The topological polar surface area (TPSA) is 62.6 Å². The minimum Gasteiger partial charge on any atom is -0.375 e. The predicted octanol–water partition coefficient (Wildman–Crippen LogP) is 3.76. The van der Waals surface area contributed by atoms with Crippen LogP contribution in [0.15, 0.2) is 24.4 Å². The summed E-state index contributed by atoms with van der Waals surface area (Å²) < 4.78 is 7.89. The zero-order chi connectivity index (χ0) is 21.7. The highest BCUT2D eigenvalue weighted by Crippen LogP contribution is 2.23. The Balaban J connectivity index is 1.56. The van der Waals surface area contributed by atoms with Crippen LogP contribution in [0.4, 0.5) is 10.5 Å². The third-order valence-corrected chi connectivity index (χ3v) is 5.93. The van der Waals surface area contributed by atoms with Crippen molar-refractivity contribution in [3.05, 3.63) is 41.2 Å². The fourth-order valence-corrected chi connectivity index (χ4v) is 3.85. The van der Waals surface area contributed by atoms with E-state index in [1.165, 1.54) is 5.56 Å². The molecule has 1 aromatic carbocycles. The number of nitrogens with zero attached hydrogens (tertiary/aromatic N) is 4. The van der Waals surface area contributed by atoms with Crippen molar-refractivity contribution < 1.29 is 9.53 Å². The summed E-state index contributed by atoms with van der Waals surface area (Å²) in [4.78, 5) is 16.9. The maximum Gasteiger partial charge on any atom is 0.322 e. The van der Waals surface area contributed by atoms with Gasteiger partial charge in [0.15, 0.2) is 0 Å². The highest BCUT2D eigenvalue weighted by atomic mass is 16.5. The summed E-state index contributed by atoms with van der Waals surface area (Å²) >= 11 is 0. The molecule has 2 aromatic rings. The summed E-state index contributed by atoms with van der Waals surface area (Å²) in [5.74, 6) is 0. The molecule has 7 nitrogen and oxygen atoms in total. The van der Waals surface area contributed by atoms with E-state index < -0.39 is 0 Å². The van der Waals surface area contributed by atoms with Crippen LogP contribution in [-0.4, -0.2) is 71.0 Å². The lowest BCUT2D eigenvalue weighted by molar-refractivity contribution is 0.0465. The smallest absolute Gasteiger partial charge is 0.322 e. The predicted molar refractivity (Wildman–Crippen MR) is 121 cm³/mol. The number of urea groups is 1. The van der Waals surface area contributed by atoms with Crippen LogP contribution < -0.4 is 5.32 Å². The van der Waals surface area contributed by atoms with Gasteiger partial charge in [-0.25, -0.2) is 9.48 Å². The van der Waals surface area contributed by atoms with Gasteiger partial charge in [-0.15, -0.1) is 0 Å². The first kappa shape index (κ1) is 22.3. The van der Waals surface area contributed by atoms with Crippen LogP contribution in [0.2, 0.25) is 0 Å². The van der Waals surface area contributed by atoms with Gasteiger partial charge in [0.25, 0.3) is 0 Å². The van der Waals surface area contributed by atoms with Crippen LogP contribution >= 0.6 is 0 Å². The molecular weight excluding hydrogens is 378 g/mol. The average Bonchev–Trinajstić information content (AvgIpc) is 3.35. The number of aromatic nitrogens is 2. The van der Waals surface area contributed by atoms with Gasteiger partial charge in [0.2, 0.25) is 0 Å². The van der Waals surface area contributed by atoms with E-state index in [1.807, 2.05) is 16.5 Å². The summed E-state index contributed by atoms with van der Waals surface area (Å²) in [6.45, 7) is 15.5. The number of ether oxygens (including phenoxy) is 1. The number of nitrogens with one attached hydrogen (secondary N) is 1. The lowest BCUT2D eigenvalue weighted by Gasteiger charge is -2.20. The molecule has 0 spiro atoms. The molecule has 1 fully saturated rings. The van der Waals surface area contributed by atoms with Crippen LogP contribution in [0.1, 0.15) is 37.1 Å². The van der Waals surface area contributed by atoms with E-state index in [0.717, 1.165) is 48.7 Å². The normalized spacial score (nSPS) is 16.5. The van der Waals surface area contributed by atoms with E-state index in [2.05, 4.69) is 61.2 Å². The van der Waals surface area contributed by atoms with Gasteiger partial charge in [-0.1, -0.05) is 26.0 Å². The molecule has 164 valence electrons. The van der Waals surface area contributed by atoms with Gasteiger partial charge >= 0.3 is 6.03 Å². The van der Waals surface area contributed by atoms with Crippen molar-refractivity contribution in [1.82, 2.24) is 19.6 Å². The molecule has 1 aliphatic heterocycles. The first-order chi connectivity index (χ1) is 14.4. The van der Waals surface area contributed by atoms with Crippen LogP contribution in [0, 0.1) is 20.8 Å². The van der Waals surface area contributed by atoms with E-state index in [4.69, 9.17) is 4.74 Å². The quantitative estimate of drug-likeness (QED) is 0.716. The van der Waals surface area contributed by atoms with Gasteiger partial charge in [-0.05, 0) is 57.5 Å². The summed E-state index contributed by atoms with van der Waals surface area (Å²) in [5.41, 5.74) is 5.03. The molecule has 1 N–H and O–H groups in total. The maximum atomic E-state index is 12.8. The molecule has 1 aliphatic rings. The molecule has 2 heterocycles. The molecule has 30 heavy (non-hydrogen) atoms. The minimum atomic E-state index is -0.0894. The van der Waals surface area contributed by atoms with Crippen molar-refractivity contribution in [3.63, 3.8) is 0 Å². The summed E-state index contributed by atoms with van der Waals surface area (Å²) in [7, 11) is 0. The molecule has 1 aromatic heterocycles. The largest absolute Gasteiger partial charge is 0.375 e. The second kappa shape index (κ2) is 10.1. The van der Waals surface area contributed by atoms with Gasteiger partial charge in [-0.3, -0.25) is 0 Å². The van der Waals surface area contributed by atoms with E-state index in [0.29, 0.717) is 19.7 Å². The lowest BCUT2D eigenvalue weighted by atomic mass is 10.1. The Hall–Kier alpha value is -2.38. The second-order valence-corrected chi connectivity index (χ2v) is 8.03.